The first-order valence-corrected chi connectivity index (χ1v) is 6.49. The maximum Gasteiger partial charge on any atom is 0.356 e. The SMILES string of the molecule is CC1CCn2c(Cc3ccco3)nc(C(=O)O)c2C1. The summed E-state index contributed by atoms with van der Waals surface area (Å²) in [6.07, 6.45) is 4.01. The van der Waals surface area contributed by atoms with Gasteiger partial charge >= 0.3 is 5.97 Å². The van der Waals surface area contributed by atoms with Crippen molar-refractivity contribution in [1.29, 1.82) is 0 Å². The van der Waals surface area contributed by atoms with E-state index in [0.717, 1.165) is 36.7 Å². The summed E-state index contributed by atoms with van der Waals surface area (Å²) < 4.78 is 7.37. The molecule has 0 bridgehead atoms. The third-order valence-corrected chi connectivity index (χ3v) is 3.65. The number of fused-ring (bicyclic) bond motifs is 1. The molecule has 0 fully saturated rings. The second-order valence-corrected chi connectivity index (χ2v) is 5.13. The molecule has 1 aliphatic heterocycles. The minimum atomic E-state index is -0.941. The first-order valence-electron chi connectivity index (χ1n) is 6.49. The van der Waals surface area contributed by atoms with E-state index in [0.29, 0.717) is 12.3 Å². The van der Waals surface area contributed by atoms with Gasteiger partial charge in [-0.1, -0.05) is 6.92 Å². The molecule has 0 aliphatic carbocycles. The summed E-state index contributed by atoms with van der Waals surface area (Å²) in [7, 11) is 0. The number of hydrogen-bond donors (Lipinski definition) is 1. The number of aromatic nitrogens is 2. The van der Waals surface area contributed by atoms with Gasteiger partial charge in [0.05, 0.1) is 18.4 Å². The van der Waals surface area contributed by atoms with Crippen molar-refractivity contribution in [2.24, 2.45) is 5.92 Å². The fourth-order valence-electron chi connectivity index (χ4n) is 2.67. The normalized spacial score (nSPS) is 18.3. The van der Waals surface area contributed by atoms with E-state index in [-0.39, 0.29) is 5.69 Å². The highest BCUT2D eigenvalue weighted by atomic mass is 16.4. The van der Waals surface area contributed by atoms with Crippen molar-refractivity contribution in [2.75, 3.05) is 0 Å². The second-order valence-electron chi connectivity index (χ2n) is 5.13. The predicted molar refractivity (Wildman–Crippen MR) is 68.2 cm³/mol. The topological polar surface area (TPSA) is 68.3 Å². The van der Waals surface area contributed by atoms with E-state index in [1.807, 2.05) is 16.7 Å². The molecule has 5 nitrogen and oxygen atoms in total. The molecule has 3 heterocycles. The highest BCUT2D eigenvalue weighted by Crippen LogP contribution is 2.26. The van der Waals surface area contributed by atoms with Crippen LogP contribution in [0.4, 0.5) is 0 Å². The number of hydrogen-bond acceptors (Lipinski definition) is 3. The molecule has 2 aromatic rings. The van der Waals surface area contributed by atoms with Gasteiger partial charge in [0.1, 0.15) is 11.6 Å². The van der Waals surface area contributed by atoms with Gasteiger partial charge in [0, 0.05) is 6.54 Å². The van der Waals surface area contributed by atoms with Crippen molar-refractivity contribution in [2.45, 2.75) is 32.7 Å². The molecule has 0 spiro atoms. The summed E-state index contributed by atoms with van der Waals surface area (Å²) in [6, 6.07) is 3.71. The zero-order valence-electron chi connectivity index (χ0n) is 10.8. The Hall–Kier alpha value is -2.04. The largest absolute Gasteiger partial charge is 0.476 e. The number of rotatable bonds is 3. The maximum absolute atomic E-state index is 11.3. The third-order valence-electron chi connectivity index (χ3n) is 3.65. The number of imidazole rings is 1. The molecule has 100 valence electrons. The number of aromatic carboxylic acids is 1. The molecule has 1 unspecified atom stereocenters. The highest BCUT2D eigenvalue weighted by Gasteiger charge is 2.26. The van der Waals surface area contributed by atoms with E-state index in [1.165, 1.54) is 0 Å². The minimum Gasteiger partial charge on any atom is -0.476 e. The Bertz CT molecular complexity index is 598. The van der Waals surface area contributed by atoms with E-state index in [1.54, 1.807) is 6.26 Å². The third kappa shape index (κ3) is 2.16. The van der Waals surface area contributed by atoms with Gasteiger partial charge in [0.15, 0.2) is 5.69 Å². The molecular weight excluding hydrogens is 244 g/mol. The van der Waals surface area contributed by atoms with Gasteiger partial charge in [0.25, 0.3) is 0 Å². The number of furan rings is 1. The number of carboxylic acid groups (broad SMARTS) is 1. The Kier molecular flexibility index (Phi) is 2.89. The van der Waals surface area contributed by atoms with E-state index < -0.39 is 5.97 Å². The van der Waals surface area contributed by atoms with Gasteiger partial charge in [-0.3, -0.25) is 0 Å². The summed E-state index contributed by atoms with van der Waals surface area (Å²) in [5.41, 5.74) is 1.06. The van der Waals surface area contributed by atoms with Gasteiger partial charge in [0.2, 0.25) is 0 Å². The van der Waals surface area contributed by atoms with Crippen LogP contribution in [0, 0.1) is 5.92 Å². The van der Waals surface area contributed by atoms with Crippen LogP contribution in [0.2, 0.25) is 0 Å². The molecule has 0 aromatic carbocycles. The first-order chi connectivity index (χ1) is 9.15. The quantitative estimate of drug-likeness (QED) is 0.919. The lowest BCUT2D eigenvalue weighted by atomic mass is 9.97. The Morgan fingerprint density at radius 2 is 2.47 bits per heavy atom. The van der Waals surface area contributed by atoms with Gasteiger partial charge in [-0.05, 0) is 30.9 Å². The molecular formula is C14H16N2O3. The van der Waals surface area contributed by atoms with Crippen LogP contribution in [-0.4, -0.2) is 20.6 Å². The standard InChI is InChI=1S/C14H16N2O3/c1-9-4-5-16-11(7-9)13(14(17)18)15-12(16)8-10-3-2-6-19-10/h2-3,6,9H,4-5,7-8H2,1H3,(H,17,18). The lowest BCUT2D eigenvalue weighted by Crippen LogP contribution is -2.20. The molecule has 5 heteroatoms. The van der Waals surface area contributed by atoms with E-state index in [9.17, 15) is 9.90 Å². The average molecular weight is 260 g/mol. The molecule has 0 saturated heterocycles. The lowest BCUT2D eigenvalue weighted by Gasteiger charge is -2.22. The van der Waals surface area contributed by atoms with Crippen LogP contribution in [0.1, 0.15) is 41.1 Å². The Balaban J connectivity index is 2.01. The van der Waals surface area contributed by atoms with Gasteiger partial charge in [-0.15, -0.1) is 0 Å². The minimum absolute atomic E-state index is 0.202. The highest BCUT2D eigenvalue weighted by molar-refractivity contribution is 5.87. The molecule has 19 heavy (non-hydrogen) atoms. The number of carboxylic acids is 1. The predicted octanol–water partition coefficient (Wildman–Crippen LogP) is 2.35. The molecule has 0 saturated carbocycles. The smallest absolute Gasteiger partial charge is 0.356 e. The van der Waals surface area contributed by atoms with Crippen LogP contribution in [0.3, 0.4) is 0 Å². The van der Waals surface area contributed by atoms with Crippen molar-refractivity contribution in [3.8, 4) is 0 Å². The molecule has 2 aromatic heterocycles. The molecule has 1 N–H and O–H groups in total. The van der Waals surface area contributed by atoms with Crippen molar-refractivity contribution >= 4 is 5.97 Å². The van der Waals surface area contributed by atoms with E-state index >= 15 is 0 Å². The molecule has 0 amide bonds. The lowest BCUT2D eigenvalue weighted by molar-refractivity contribution is 0.0689. The van der Waals surface area contributed by atoms with Gasteiger partial charge in [-0.25, -0.2) is 9.78 Å². The van der Waals surface area contributed by atoms with Crippen LogP contribution in [0.15, 0.2) is 22.8 Å². The van der Waals surface area contributed by atoms with E-state index in [4.69, 9.17) is 4.42 Å². The van der Waals surface area contributed by atoms with E-state index in [2.05, 4.69) is 11.9 Å². The molecule has 1 atom stereocenters. The average Bonchev–Trinajstić information content (AvgIpc) is 2.97. The fourth-order valence-corrected chi connectivity index (χ4v) is 2.67. The molecule has 3 rings (SSSR count). The summed E-state index contributed by atoms with van der Waals surface area (Å²) in [5, 5.41) is 9.27. The number of carbonyl (C=O) groups is 1. The Morgan fingerprint density at radius 1 is 1.63 bits per heavy atom. The van der Waals surface area contributed by atoms with Crippen molar-refractivity contribution < 1.29 is 14.3 Å². The Morgan fingerprint density at radius 3 is 3.16 bits per heavy atom. The molecule has 1 aliphatic rings. The van der Waals surface area contributed by atoms with Crippen molar-refractivity contribution in [3.63, 3.8) is 0 Å². The zero-order chi connectivity index (χ0) is 13.4. The van der Waals surface area contributed by atoms with Gasteiger partial charge < -0.3 is 14.1 Å². The van der Waals surface area contributed by atoms with Crippen LogP contribution in [0.5, 0.6) is 0 Å². The van der Waals surface area contributed by atoms with Crippen LogP contribution in [0.25, 0.3) is 0 Å². The van der Waals surface area contributed by atoms with Crippen LogP contribution >= 0.6 is 0 Å². The van der Waals surface area contributed by atoms with Crippen LogP contribution in [-0.2, 0) is 19.4 Å². The summed E-state index contributed by atoms with van der Waals surface area (Å²) in [4.78, 5) is 15.6. The summed E-state index contributed by atoms with van der Waals surface area (Å²) in [5.74, 6) is 1.17. The monoisotopic (exact) mass is 260 g/mol. The molecule has 0 radical (unpaired) electrons. The maximum atomic E-state index is 11.3. The summed E-state index contributed by atoms with van der Waals surface area (Å²) >= 11 is 0. The summed E-state index contributed by atoms with van der Waals surface area (Å²) in [6.45, 7) is 2.99. The van der Waals surface area contributed by atoms with Gasteiger partial charge in [-0.2, -0.15) is 0 Å². The first kappa shape index (κ1) is 12.0. The van der Waals surface area contributed by atoms with Crippen molar-refractivity contribution in [3.05, 3.63) is 41.4 Å². The van der Waals surface area contributed by atoms with Crippen molar-refractivity contribution in [1.82, 2.24) is 9.55 Å². The van der Waals surface area contributed by atoms with Crippen LogP contribution < -0.4 is 0 Å². The second kappa shape index (κ2) is 4.57. The fraction of sp³-hybridized carbons (Fsp3) is 0.429. The Labute approximate surface area is 110 Å². The zero-order valence-corrected chi connectivity index (χ0v) is 10.8. The number of nitrogens with zero attached hydrogens (tertiary/aromatic N) is 2.